The lowest BCUT2D eigenvalue weighted by atomic mass is 9.90. The largest absolute Gasteiger partial charge is 0.270 e. The van der Waals surface area contributed by atoms with E-state index in [9.17, 15) is 15.8 Å². The first-order valence-corrected chi connectivity index (χ1v) is 10.2. The fourth-order valence-corrected chi connectivity index (χ4v) is 5.17. The first kappa shape index (κ1) is 20.3. The quantitative estimate of drug-likeness (QED) is 0.342. The van der Waals surface area contributed by atoms with Crippen molar-refractivity contribution in [1.29, 1.82) is 15.8 Å². The van der Waals surface area contributed by atoms with Crippen molar-refractivity contribution >= 4 is 17.1 Å². The van der Waals surface area contributed by atoms with Gasteiger partial charge in [0.15, 0.2) is 5.69 Å². The van der Waals surface area contributed by atoms with E-state index in [1.54, 1.807) is 24.3 Å². The van der Waals surface area contributed by atoms with Gasteiger partial charge in [0.25, 0.3) is 11.4 Å². The third-order valence-corrected chi connectivity index (χ3v) is 6.43. The van der Waals surface area contributed by atoms with Gasteiger partial charge < -0.3 is 0 Å². The molecule has 3 aromatic carbocycles. The van der Waals surface area contributed by atoms with Gasteiger partial charge >= 0.3 is 0 Å². The fraction of sp³-hybridized carbons (Fsp3) is 0.0714. The summed E-state index contributed by atoms with van der Waals surface area (Å²) in [4.78, 5) is 10.7. The second-order valence-electron chi connectivity index (χ2n) is 7.81. The molecular weight excluding hydrogens is 420 g/mol. The van der Waals surface area contributed by atoms with E-state index in [1.807, 2.05) is 24.3 Å². The Labute approximate surface area is 195 Å². The summed E-state index contributed by atoms with van der Waals surface area (Å²) in [6.45, 7) is 23.0. The lowest BCUT2D eigenvalue weighted by molar-refractivity contribution is 1.17. The van der Waals surface area contributed by atoms with E-state index in [0.717, 1.165) is 22.3 Å². The van der Waals surface area contributed by atoms with Crippen LogP contribution in [-0.2, 0) is 12.8 Å². The van der Waals surface area contributed by atoms with E-state index in [1.165, 1.54) is 0 Å². The maximum atomic E-state index is 9.90. The van der Waals surface area contributed by atoms with Crippen molar-refractivity contribution < 1.29 is 0 Å². The van der Waals surface area contributed by atoms with Crippen LogP contribution in [0.25, 0.3) is 48.2 Å². The van der Waals surface area contributed by atoms with Crippen LogP contribution >= 0.6 is 0 Å². The highest BCUT2D eigenvalue weighted by Crippen LogP contribution is 2.43. The number of hydrogen-bond acceptors (Lipinski definition) is 3. The Bertz CT molecular complexity index is 1740. The molecule has 6 nitrogen and oxygen atoms in total. The molecule has 2 aliphatic carbocycles. The van der Waals surface area contributed by atoms with Crippen molar-refractivity contribution in [3.05, 3.63) is 109 Å². The highest BCUT2D eigenvalue weighted by Gasteiger charge is 2.33. The van der Waals surface area contributed by atoms with Crippen molar-refractivity contribution in [2.24, 2.45) is 0 Å². The molecule has 0 heterocycles. The minimum atomic E-state index is -0.100. The Balaban J connectivity index is 2.16. The summed E-state index contributed by atoms with van der Waals surface area (Å²) in [7, 11) is 0. The van der Waals surface area contributed by atoms with E-state index in [0.29, 0.717) is 56.8 Å². The average Bonchev–Trinajstić information content (AvgIpc) is 3.45. The van der Waals surface area contributed by atoms with Gasteiger partial charge in [-0.25, -0.2) is 25.1 Å². The number of nitrogens with zero attached hydrogens (tertiary/aromatic N) is 6. The number of hydrogen-bond donors (Lipinski definition) is 0. The van der Waals surface area contributed by atoms with Gasteiger partial charge in [-0.2, -0.15) is 5.26 Å². The molecule has 0 bridgehead atoms. The van der Waals surface area contributed by atoms with Crippen LogP contribution in [-0.4, -0.2) is 0 Å². The minimum absolute atomic E-state index is 0.0798. The maximum absolute atomic E-state index is 9.90. The van der Waals surface area contributed by atoms with Crippen molar-refractivity contribution in [3.63, 3.8) is 0 Å². The summed E-state index contributed by atoms with van der Waals surface area (Å²) in [5, 5.41) is 30.4. The van der Waals surface area contributed by atoms with Gasteiger partial charge in [0, 0.05) is 5.22 Å². The third kappa shape index (κ3) is 2.49. The molecule has 0 saturated carbocycles. The van der Waals surface area contributed by atoms with Crippen LogP contribution in [0.4, 0.5) is 5.69 Å². The zero-order valence-corrected chi connectivity index (χ0v) is 17.6. The topological polar surface area (TPSA) is 84.4 Å². The van der Waals surface area contributed by atoms with Gasteiger partial charge in [0.05, 0.1) is 43.5 Å². The molecule has 5 rings (SSSR count). The molecule has 6 heteroatoms. The van der Waals surface area contributed by atoms with Crippen molar-refractivity contribution in [1.82, 2.24) is 0 Å². The zero-order chi connectivity index (χ0) is 24.0. The predicted molar refractivity (Wildman–Crippen MR) is 124 cm³/mol. The van der Waals surface area contributed by atoms with Gasteiger partial charge in [0.2, 0.25) is 0 Å². The molecule has 0 unspecified atom stereocenters. The number of nitriles is 3. The Morgan fingerprint density at radius 3 is 1.82 bits per heavy atom. The Kier molecular flexibility index (Phi) is 4.46. The van der Waals surface area contributed by atoms with Gasteiger partial charge in [-0.1, -0.05) is 30.3 Å². The van der Waals surface area contributed by atoms with Crippen LogP contribution in [0.3, 0.4) is 0 Å². The van der Waals surface area contributed by atoms with Crippen molar-refractivity contribution in [3.8, 4) is 40.5 Å². The van der Waals surface area contributed by atoms with Crippen LogP contribution in [0.5, 0.6) is 0 Å². The molecule has 3 aromatic rings. The maximum Gasteiger partial charge on any atom is 0.270 e. The molecule has 0 spiro atoms. The normalized spacial score (nSPS) is 13.2. The average molecular weight is 430 g/mol. The molecule has 34 heavy (non-hydrogen) atoms. The van der Waals surface area contributed by atoms with Crippen LogP contribution in [0.1, 0.15) is 27.8 Å². The fourth-order valence-electron chi connectivity index (χ4n) is 5.17. The molecule has 0 aromatic heterocycles. The summed E-state index contributed by atoms with van der Waals surface area (Å²) in [6, 6.07) is 16.9. The van der Waals surface area contributed by atoms with E-state index in [2.05, 4.69) is 20.6 Å². The molecule has 0 aliphatic heterocycles. The zero-order valence-electron chi connectivity index (χ0n) is 17.6. The Morgan fingerprint density at radius 2 is 1.26 bits per heavy atom. The predicted octanol–water partition coefficient (Wildman–Crippen LogP) is 4.35. The molecule has 2 aliphatic rings. The molecular formula is C28H10N6. The second-order valence-corrected chi connectivity index (χ2v) is 7.81. The first-order valence-electron chi connectivity index (χ1n) is 10.2. The molecule has 152 valence electrons. The van der Waals surface area contributed by atoms with E-state index in [4.69, 9.17) is 19.7 Å². The van der Waals surface area contributed by atoms with Gasteiger partial charge in [-0.05, 0) is 68.6 Å². The standard InChI is InChI=1S/C28H10N6/c1-32-22-9-5-8-17-19(22)11-21-25(23(13-30)33-2)20-10-18-15(12-29)6-4-7-16(18)26(20)28(27(17)21)24(14-31)34-3/h4-9H,10-11H2/b25-23-,28-24-. The summed E-state index contributed by atoms with van der Waals surface area (Å²) in [5.41, 5.74) is 6.31. The smallest absolute Gasteiger partial charge is 0.238 e. The van der Waals surface area contributed by atoms with Crippen molar-refractivity contribution in [2.45, 2.75) is 12.8 Å². The summed E-state index contributed by atoms with van der Waals surface area (Å²) in [5.74, 6) is 0. The lowest BCUT2D eigenvalue weighted by Crippen LogP contribution is -2.25. The molecule has 0 radical (unpaired) electrons. The molecule has 0 atom stereocenters. The highest BCUT2D eigenvalue weighted by molar-refractivity contribution is 5.95. The first-order chi connectivity index (χ1) is 16.6. The van der Waals surface area contributed by atoms with Crippen LogP contribution < -0.4 is 10.4 Å². The Hall–Kier alpha value is -5.66. The van der Waals surface area contributed by atoms with Crippen molar-refractivity contribution in [2.75, 3.05) is 0 Å². The molecule has 0 saturated heterocycles. The van der Waals surface area contributed by atoms with Crippen LogP contribution in [0, 0.1) is 53.7 Å². The monoisotopic (exact) mass is 430 g/mol. The highest BCUT2D eigenvalue weighted by atomic mass is 14.7. The van der Waals surface area contributed by atoms with E-state index < -0.39 is 0 Å². The van der Waals surface area contributed by atoms with Gasteiger partial charge in [0.1, 0.15) is 0 Å². The molecule has 0 N–H and O–H groups in total. The van der Waals surface area contributed by atoms with Gasteiger partial charge in [-0.3, -0.25) is 0 Å². The number of rotatable bonds is 0. The lowest BCUT2D eigenvalue weighted by Gasteiger charge is -2.13. The summed E-state index contributed by atoms with van der Waals surface area (Å²) < 4.78 is 0. The van der Waals surface area contributed by atoms with Crippen LogP contribution in [0.15, 0.2) is 36.4 Å². The SMILES string of the molecule is [C-]#[N+]/C(C#N)=c1/c2c(/c(=C(\C#N)[N+]#[C-])c3c1Cc1c([N+]#[C-])cccc1-3)-c1cccc(C#N)c1C2. The Morgan fingerprint density at radius 1 is 0.706 bits per heavy atom. The third-order valence-electron chi connectivity index (χ3n) is 6.43. The van der Waals surface area contributed by atoms with E-state index in [-0.39, 0.29) is 11.4 Å². The summed E-state index contributed by atoms with van der Waals surface area (Å²) in [6.07, 6.45) is 0.630. The minimum Gasteiger partial charge on any atom is -0.238 e. The molecule has 0 fully saturated rings. The van der Waals surface area contributed by atoms with Gasteiger partial charge in [-0.15, -0.1) is 0 Å². The van der Waals surface area contributed by atoms with E-state index >= 15 is 0 Å². The number of benzene rings is 3. The number of fused-ring (bicyclic) bond motifs is 6. The van der Waals surface area contributed by atoms with Crippen LogP contribution in [0.2, 0.25) is 0 Å². The molecule has 0 amide bonds. The summed E-state index contributed by atoms with van der Waals surface area (Å²) >= 11 is 0. The second kappa shape index (κ2) is 7.49.